The van der Waals surface area contributed by atoms with Crippen molar-refractivity contribution in [1.29, 1.82) is 0 Å². The molecule has 17 heavy (non-hydrogen) atoms. The van der Waals surface area contributed by atoms with E-state index < -0.39 is 0 Å². The zero-order chi connectivity index (χ0) is 12.4. The Labute approximate surface area is 106 Å². The summed E-state index contributed by atoms with van der Waals surface area (Å²) >= 11 is 1.68. The fourth-order valence-electron chi connectivity index (χ4n) is 1.69. The summed E-state index contributed by atoms with van der Waals surface area (Å²) in [7, 11) is 0. The highest BCUT2D eigenvalue weighted by Gasteiger charge is 2.04. The van der Waals surface area contributed by atoms with Crippen LogP contribution < -0.4 is 11.5 Å². The Bertz CT molecular complexity index is 500. The van der Waals surface area contributed by atoms with Crippen molar-refractivity contribution in [2.45, 2.75) is 23.6 Å². The van der Waals surface area contributed by atoms with Gasteiger partial charge in [-0.1, -0.05) is 29.5 Å². The van der Waals surface area contributed by atoms with Gasteiger partial charge >= 0.3 is 0 Å². The molecule has 2 nitrogen and oxygen atoms in total. The van der Waals surface area contributed by atoms with Gasteiger partial charge in [-0.25, -0.2) is 0 Å². The van der Waals surface area contributed by atoms with Gasteiger partial charge in [0, 0.05) is 21.2 Å². The zero-order valence-electron chi connectivity index (χ0n) is 10.0. The minimum Gasteiger partial charge on any atom is -0.399 e. The van der Waals surface area contributed by atoms with Crippen LogP contribution in [0.4, 0.5) is 11.4 Å². The minimum atomic E-state index is 0.701. The number of hydrogen-bond acceptors (Lipinski definition) is 3. The third-order valence-corrected chi connectivity index (χ3v) is 3.85. The average molecular weight is 244 g/mol. The van der Waals surface area contributed by atoms with Gasteiger partial charge in [0.15, 0.2) is 0 Å². The molecule has 0 fully saturated rings. The normalized spacial score (nSPS) is 10.5. The predicted octanol–water partition coefficient (Wildman–Crippen LogP) is 3.62. The van der Waals surface area contributed by atoms with Gasteiger partial charge in [-0.2, -0.15) is 0 Å². The number of hydrogen-bond donors (Lipinski definition) is 2. The average Bonchev–Trinajstić information content (AvgIpc) is 2.25. The number of nitrogen functional groups attached to an aromatic ring is 2. The number of nitrogens with two attached hydrogens (primary N) is 2. The molecule has 2 aromatic rings. The Kier molecular flexibility index (Phi) is 3.29. The molecule has 0 aromatic heterocycles. The van der Waals surface area contributed by atoms with E-state index >= 15 is 0 Å². The van der Waals surface area contributed by atoms with Gasteiger partial charge in [0.1, 0.15) is 0 Å². The molecular weight excluding hydrogens is 228 g/mol. The van der Waals surface area contributed by atoms with Crippen LogP contribution in [-0.2, 0) is 0 Å². The lowest BCUT2D eigenvalue weighted by atomic mass is 10.2. The smallest absolute Gasteiger partial charge is 0.0476 e. The van der Waals surface area contributed by atoms with Crippen LogP contribution in [0.1, 0.15) is 11.1 Å². The predicted molar refractivity (Wildman–Crippen MR) is 75.3 cm³/mol. The second-order valence-electron chi connectivity index (χ2n) is 4.17. The molecule has 3 heteroatoms. The molecular formula is C14H16N2S. The highest BCUT2D eigenvalue weighted by molar-refractivity contribution is 7.99. The maximum atomic E-state index is 5.95. The number of rotatable bonds is 2. The van der Waals surface area contributed by atoms with E-state index in [-0.39, 0.29) is 0 Å². The maximum absolute atomic E-state index is 5.95. The van der Waals surface area contributed by atoms with Crippen molar-refractivity contribution >= 4 is 23.1 Å². The molecule has 0 saturated carbocycles. The Morgan fingerprint density at radius 3 is 2.24 bits per heavy atom. The molecule has 0 amide bonds. The molecule has 2 aromatic carbocycles. The zero-order valence-corrected chi connectivity index (χ0v) is 10.8. The fourth-order valence-corrected chi connectivity index (χ4v) is 2.60. The highest BCUT2D eigenvalue weighted by Crippen LogP contribution is 2.34. The summed E-state index contributed by atoms with van der Waals surface area (Å²) in [4.78, 5) is 2.28. The molecule has 0 aliphatic carbocycles. The second-order valence-corrected chi connectivity index (χ2v) is 5.25. The van der Waals surface area contributed by atoms with E-state index in [1.807, 2.05) is 12.1 Å². The number of benzene rings is 2. The Morgan fingerprint density at radius 2 is 1.59 bits per heavy atom. The third-order valence-electron chi connectivity index (χ3n) is 2.58. The molecule has 0 heterocycles. The summed E-state index contributed by atoms with van der Waals surface area (Å²) in [6, 6.07) is 12.1. The van der Waals surface area contributed by atoms with Crippen molar-refractivity contribution in [3.63, 3.8) is 0 Å². The molecule has 2 rings (SSSR count). The monoisotopic (exact) mass is 244 g/mol. The third kappa shape index (κ3) is 2.74. The van der Waals surface area contributed by atoms with Gasteiger partial charge < -0.3 is 11.5 Å². The van der Waals surface area contributed by atoms with Gasteiger partial charge in [0.05, 0.1) is 0 Å². The Hall–Kier alpha value is -1.61. The van der Waals surface area contributed by atoms with Crippen LogP contribution in [0.3, 0.4) is 0 Å². The number of anilines is 2. The summed E-state index contributed by atoms with van der Waals surface area (Å²) in [5, 5.41) is 0. The lowest BCUT2D eigenvalue weighted by molar-refractivity contribution is 1.26. The fraction of sp³-hybridized carbons (Fsp3) is 0.143. The van der Waals surface area contributed by atoms with Crippen molar-refractivity contribution in [1.82, 2.24) is 0 Å². The van der Waals surface area contributed by atoms with Crippen LogP contribution in [0, 0.1) is 13.8 Å². The van der Waals surface area contributed by atoms with Crippen molar-refractivity contribution < 1.29 is 0 Å². The summed E-state index contributed by atoms with van der Waals surface area (Å²) < 4.78 is 0. The van der Waals surface area contributed by atoms with Crippen LogP contribution in [0.25, 0.3) is 0 Å². The van der Waals surface area contributed by atoms with Gasteiger partial charge in [0.2, 0.25) is 0 Å². The Morgan fingerprint density at radius 1 is 0.882 bits per heavy atom. The van der Waals surface area contributed by atoms with Crippen LogP contribution in [0.2, 0.25) is 0 Å². The van der Waals surface area contributed by atoms with E-state index in [0.717, 1.165) is 10.6 Å². The van der Waals surface area contributed by atoms with Gasteiger partial charge in [-0.3, -0.25) is 0 Å². The van der Waals surface area contributed by atoms with E-state index in [1.54, 1.807) is 17.8 Å². The molecule has 0 bridgehead atoms. The minimum absolute atomic E-state index is 0.701. The van der Waals surface area contributed by atoms with Crippen molar-refractivity contribution in [3.8, 4) is 0 Å². The van der Waals surface area contributed by atoms with E-state index in [9.17, 15) is 0 Å². The summed E-state index contributed by atoms with van der Waals surface area (Å²) in [5.41, 5.74) is 15.6. The number of aryl methyl sites for hydroxylation is 2. The SMILES string of the molecule is Cc1ccc(Sc2ccc(N)cc2N)c(C)c1. The van der Waals surface area contributed by atoms with Crippen molar-refractivity contribution in [2.24, 2.45) is 0 Å². The first-order valence-corrected chi connectivity index (χ1v) is 6.28. The van der Waals surface area contributed by atoms with E-state index in [2.05, 4.69) is 32.0 Å². The van der Waals surface area contributed by atoms with E-state index in [1.165, 1.54) is 16.0 Å². The molecule has 0 unspecified atom stereocenters. The second kappa shape index (κ2) is 4.72. The lowest BCUT2D eigenvalue weighted by Gasteiger charge is -2.09. The quantitative estimate of drug-likeness (QED) is 0.793. The summed E-state index contributed by atoms with van der Waals surface area (Å²) in [5.74, 6) is 0. The van der Waals surface area contributed by atoms with Crippen LogP contribution in [0.5, 0.6) is 0 Å². The van der Waals surface area contributed by atoms with Crippen molar-refractivity contribution in [3.05, 3.63) is 47.5 Å². The van der Waals surface area contributed by atoms with Gasteiger partial charge in [-0.15, -0.1) is 0 Å². The van der Waals surface area contributed by atoms with Gasteiger partial charge in [0.25, 0.3) is 0 Å². The highest BCUT2D eigenvalue weighted by atomic mass is 32.2. The molecule has 88 valence electrons. The Balaban J connectivity index is 2.31. The topological polar surface area (TPSA) is 52.0 Å². The van der Waals surface area contributed by atoms with Crippen LogP contribution in [0.15, 0.2) is 46.2 Å². The van der Waals surface area contributed by atoms with Crippen LogP contribution >= 0.6 is 11.8 Å². The molecule has 0 spiro atoms. The van der Waals surface area contributed by atoms with E-state index in [0.29, 0.717) is 5.69 Å². The first kappa shape index (κ1) is 11.9. The molecule has 0 atom stereocenters. The lowest BCUT2D eigenvalue weighted by Crippen LogP contribution is -1.92. The molecule has 0 aliphatic rings. The summed E-state index contributed by atoms with van der Waals surface area (Å²) in [6.45, 7) is 4.21. The molecule has 0 saturated heterocycles. The largest absolute Gasteiger partial charge is 0.399 e. The first-order valence-electron chi connectivity index (χ1n) is 5.46. The van der Waals surface area contributed by atoms with E-state index in [4.69, 9.17) is 11.5 Å². The summed E-state index contributed by atoms with van der Waals surface area (Å²) in [6.07, 6.45) is 0. The molecule has 0 aliphatic heterocycles. The van der Waals surface area contributed by atoms with Gasteiger partial charge in [-0.05, 0) is 43.7 Å². The standard InChI is InChI=1S/C14H16N2S/c1-9-3-5-13(10(2)7-9)17-14-6-4-11(15)8-12(14)16/h3-8H,15-16H2,1-2H3. The molecule has 4 N–H and O–H groups in total. The van der Waals surface area contributed by atoms with Crippen molar-refractivity contribution in [2.75, 3.05) is 11.5 Å². The maximum Gasteiger partial charge on any atom is 0.0476 e. The van der Waals surface area contributed by atoms with Crippen LogP contribution in [-0.4, -0.2) is 0 Å². The molecule has 0 radical (unpaired) electrons. The first-order chi connectivity index (χ1) is 8.06.